The Kier molecular flexibility index (Phi) is 1.63. The minimum atomic E-state index is 0.521. The van der Waals surface area contributed by atoms with Gasteiger partial charge in [0.1, 0.15) is 0 Å². The molecule has 0 amide bonds. The lowest BCUT2D eigenvalue weighted by molar-refractivity contribution is 0.567. The summed E-state index contributed by atoms with van der Waals surface area (Å²) in [5.74, 6) is 0. The minimum Gasteiger partial charge on any atom is -0.306 e. The van der Waals surface area contributed by atoms with Crippen LogP contribution >= 0.6 is 11.8 Å². The van der Waals surface area contributed by atoms with Crippen LogP contribution in [-0.4, -0.2) is 29.6 Å². The van der Waals surface area contributed by atoms with Gasteiger partial charge in [0.05, 0.1) is 23.4 Å². The molecule has 2 aliphatic rings. The number of rotatable bonds is 1. The molecule has 2 atom stereocenters. The second-order valence-corrected chi connectivity index (χ2v) is 3.52. The Morgan fingerprint density at radius 1 is 1.60 bits per heavy atom. The number of hydrogen-bond donors (Lipinski definition) is 1. The Morgan fingerprint density at radius 2 is 2.60 bits per heavy atom. The monoisotopic (exact) mass is 155 g/mol. The predicted octanol–water partition coefficient (Wildman–Crippen LogP) is 0.478. The molecule has 2 rings (SSSR count). The molecular formula is C6H9N3S. The Hall–Kier alpha value is -0.510. The molecule has 54 valence electrons. The van der Waals surface area contributed by atoms with Crippen LogP contribution in [0.3, 0.4) is 0 Å². The van der Waals surface area contributed by atoms with Crippen molar-refractivity contribution in [1.82, 2.24) is 5.43 Å². The van der Waals surface area contributed by atoms with E-state index in [1.165, 1.54) is 0 Å². The molecule has 0 saturated carbocycles. The molecule has 0 radical (unpaired) electrons. The zero-order valence-electron chi connectivity index (χ0n) is 5.53. The summed E-state index contributed by atoms with van der Waals surface area (Å²) in [5, 5.41) is 4.58. The third-order valence-corrected chi connectivity index (χ3v) is 2.83. The lowest BCUT2D eigenvalue weighted by Gasteiger charge is -2.14. The van der Waals surface area contributed by atoms with E-state index < -0.39 is 0 Å². The van der Waals surface area contributed by atoms with Gasteiger partial charge >= 0.3 is 0 Å². The first-order valence-corrected chi connectivity index (χ1v) is 4.32. The fourth-order valence-corrected chi connectivity index (χ4v) is 2.00. The van der Waals surface area contributed by atoms with Crippen LogP contribution in [0.4, 0.5) is 0 Å². The van der Waals surface area contributed by atoms with Crippen molar-refractivity contribution in [2.45, 2.75) is 17.7 Å². The van der Waals surface area contributed by atoms with Crippen LogP contribution in [0.1, 0.15) is 6.42 Å². The minimum absolute atomic E-state index is 0.521. The van der Waals surface area contributed by atoms with Crippen molar-refractivity contribution in [3.63, 3.8) is 0 Å². The highest BCUT2D eigenvalue weighted by Gasteiger charge is 2.24. The molecule has 4 heteroatoms. The van der Waals surface area contributed by atoms with Gasteiger partial charge in [0.15, 0.2) is 0 Å². The summed E-state index contributed by atoms with van der Waals surface area (Å²) in [7, 11) is 0. The van der Waals surface area contributed by atoms with E-state index in [1.54, 1.807) is 11.8 Å². The normalized spacial score (nSPS) is 36.8. The summed E-state index contributed by atoms with van der Waals surface area (Å²) in [5.41, 5.74) is 5.00. The highest BCUT2D eigenvalue weighted by Crippen LogP contribution is 2.21. The molecule has 1 unspecified atom stereocenters. The molecular weight excluding hydrogens is 146 g/mol. The van der Waals surface area contributed by atoms with Gasteiger partial charge in [-0.15, -0.1) is 11.8 Å². The molecule has 10 heavy (non-hydrogen) atoms. The number of thioether (sulfide) groups is 1. The van der Waals surface area contributed by atoms with Gasteiger partial charge in [-0.1, -0.05) is 0 Å². The number of nitrogens with one attached hydrogen (secondary N) is 1. The molecule has 2 heterocycles. The van der Waals surface area contributed by atoms with Crippen molar-refractivity contribution >= 4 is 23.5 Å². The molecule has 0 spiro atoms. The Labute approximate surface area is 64.0 Å². The first-order chi connectivity index (χ1) is 4.97. The van der Waals surface area contributed by atoms with E-state index in [4.69, 9.17) is 0 Å². The average molecular weight is 155 g/mol. The van der Waals surface area contributed by atoms with Crippen LogP contribution in [0.25, 0.3) is 0 Å². The topological polar surface area (TPSA) is 36.8 Å². The summed E-state index contributed by atoms with van der Waals surface area (Å²) in [6.07, 6.45) is 2.99. The van der Waals surface area contributed by atoms with Gasteiger partial charge in [0.2, 0.25) is 0 Å². The second-order valence-electron chi connectivity index (χ2n) is 2.43. The van der Waals surface area contributed by atoms with E-state index in [0.29, 0.717) is 11.3 Å². The first-order valence-electron chi connectivity index (χ1n) is 3.37. The SMILES string of the molecule is C1=NC[C@H](C2CC=NN2)S1. The van der Waals surface area contributed by atoms with Crippen molar-refractivity contribution in [1.29, 1.82) is 0 Å². The highest BCUT2D eigenvalue weighted by molar-refractivity contribution is 8.12. The zero-order valence-corrected chi connectivity index (χ0v) is 6.34. The van der Waals surface area contributed by atoms with Gasteiger partial charge in [0, 0.05) is 12.6 Å². The lowest BCUT2D eigenvalue weighted by Crippen LogP contribution is -2.32. The molecule has 1 N–H and O–H groups in total. The maximum absolute atomic E-state index is 4.15. The Morgan fingerprint density at radius 3 is 3.20 bits per heavy atom. The number of hydrogen-bond acceptors (Lipinski definition) is 4. The maximum Gasteiger partial charge on any atom is 0.0630 e. The number of hydrazone groups is 1. The predicted molar refractivity (Wildman–Crippen MR) is 44.8 cm³/mol. The Bertz CT molecular complexity index is 142. The van der Waals surface area contributed by atoms with Crippen molar-refractivity contribution < 1.29 is 0 Å². The van der Waals surface area contributed by atoms with E-state index in [0.717, 1.165) is 13.0 Å². The van der Waals surface area contributed by atoms with E-state index in [9.17, 15) is 0 Å². The van der Waals surface area contributed by atoms with Crippen LogP contribution in [0.5, 0.6) is 0 Å². The fraction of sp³-hybridized carbons (Fsp3) is 0.667. The summed E-state index contributed by atoms with van der Waals surface area (Å²) in [6, 6.07) is 0.521. The summed E-state index contributed by atoms with van der Waals surface area (Å²) in [6.45, 7) is 0.950. The second kappa shape index (κ2) is 2.62. The van der Waals surface area contributed by atoms with Crippen LogP contribution in [0.2, 0.25) is 0 Å². The molecule has 0 aliphatic carbocycles. The summed E-state index contributed by atoms with van der Waals surface area (Å²) < 4.78 is 0. The summed E-state index contributed by atoms with van der Waals surface area (Å²) >= 11 is 1.81. The lowest BCUT2D eigenvalue weighted by atomic mass is 10.2. The zero-order chi connectivity index (χ0) is 6.81. The molecule has 0 aromatic heterocycles. The Balaban J connectivity index is 1.89. The largest absolute Gasteiger partial charge is 0.306 e. The molecule has 0 fully saturated rings. The van der Waals surface area contributed by atoms with Crippen molar-refractivity contribution in [2.75, 3.05) is 6.54 Å². The van der Waals surface area contributed by atoms with Gasteiger partial charge in [0.25, 0.3) is 0 Å². The van der Waals surface area contributed by atoms with Crippen LogP contribution in [0, 0.1) is 0 Å². The van der Waals surface area contributed by atoms with E-state index in [1.807, 2.05) is 11.8 Å². The third-order valence-electron chi connectivity index (χ3n) is 1.74. The van der Waals surface area contributed by atoms with Crippen LogP contribution in [-0.2, 0) is 0 Å². The molecule has 0 saturated heterocycles. The van der Waals surface area contributed by atoms with Crippen molar-refractivity contribution in [2.24, 2.45) is 10.1 Å². The number of nitrogens with zero attached hydrogens (tertiary/aromatic N) is 2. The molecule has 2 aliphatic heterocycles. The fourth-order valence-electron chi connectivity index (χ4n) is 1.14. The molecule has 3 nitrogen and oxygen atoms in total. The van der Waals surface area contributed by atoms with Gasteiger partial charge < -0.3 is 5.43 Å². The summed E-state index contributed by atoms with van der Waals surface area (Å²) in [4.78, 5) is 4.15. The van der Waals surface area contributed by atoms with Gasteiger partial charge in [-0.25, -0.2) is 0 Å². The first kappa shape index (κ1) is 6.22. The van der Waals surface area contributed by atoms with Gasteiger partial charge in [-0.2, -0.15) is 5.10 Å². The molecule has 0 aromatic rings. The van der Waals surface area contributed by atoms with E-state index >= 15 is 0 Å². The van der Waals surface area contributed by atoms with Crippen molar-refractivity contribution in [3.8, 4) is 0 Å². The van der Waals surface area contributed by atoms with Gasteiger partial charge in [-0.05, 0) is 0 Å². The smallest absolute Gasteiger partial charge is 0.0630 e. The van der Waals surface area contributed by atoms with Crippen LogP contribution < -0.4 is 5.43 Å². The highest BCUT2D eigenvalue weighted by atomic mass is 32.2. The van der Waals surface area contributed by atoms with E-state index in [2.05, 4.69) is 15.5 Å². The number of aliphatic imine (C=N–C) groups is 1. The van der Waals surface area contributed by atoms with Crippen LogP contribution in [0.15, 0.2) is 10.1 Å². The third kappa shape index (κ3) is 1.03. The quantitative estimate of drug-likeness (QED) is 0.598. The molecule has 0 aromatic carbocycles. The van der Waals surface area contributed by atoms with Gasteiger partial charge in [-0.3, -0.25) is 4.99 Å². The maximum atomic E-state index is 4.15. The van der Waals surface area contributed by atoms with Crippen molar-refractivity contribution in [3.05, 3.63) is 0 Å². The molecule has 0 bridgehead atoms. The average Bonchev–Trinajstić information content (AvgIpc) is 2.59. The standard InChI is InChI=1S/C6H9N3S/c1-2-8-9-5(1)6-3-7-4-10-6/h2,4-6,9H,1,3H2/t5?,6-/m1/s1. The van der Waals surface area contributed by atoms with E-state index in [-0.39, 0.29) is 0 Å².